The highest BCUT2D eigenvalue weighted by Gasteiger charge is 2.36. The molecule has 1 heterocycles. The van der Waals surface area contributed by atoms with Crippen molar-refractivity contribution >= 4 is 11.8 Å². The SMILES string of the molecule is CNC(=O)[C@H]1CCCC[C@H]1C(=O)N(C)Cc1ccc2c(c1)CN(C)C2. The maximum absolute atomic E-state index is 13.0. The van der Waals surface area contributed by atoms with Crippen LogP contribution < -0.4 is 5.32 Å². The average Bonchev–Trinajstić information content (AvgIpc) is 2.99. The highest BCUT2D eigenvalue weighted by atomic mass is 16.2. The smallest absolute Gasteiger partial charge is 0.226 e. The van der Waals surface area contributed by atoms with Gasteiger partial charge in [-0.3, -0.25) is 14.5 Å². The molecule has 0 unspecified atom stereocenters. The van der Waals surface area contributed by atoms with Crippen molar-refractivity contribution in [3.8, 4) is 0 Å². The monoisotopic (exact) mass is 343 g/mol. The number of nitrogens with zero attached hydrogens (tertiary/aromatic N) is 2. The van der Waals surface area contributed by atoms with Gasteiger partial charge in [0.05, 0.1) is 0 Å². The highest BCUT2D eigenvalue weighted by molar-refractivity contribution is 5.87. The number of nitrogens with one attached hydrogen (secondary N) is 1. The minimum Gasteiger partial charge on any atom is -0.359 e. The zero-order chi connectivity index (χ0) is 18.0. The number of benzene rings is 1. The van der Waals surface area contributed by atoms with Gasteiger partial charge in [0.2, 0.25) is 11.8 Å². The van der Waals surface area contributed by atoms with Crippen molar-refractivity contribution in [3.05, 3.63) is 34.9 Å². The molecule has 2 amide bonds. The minimum absolute atomic E-state index is 0.00650. The summed E-state index contributed by atoms with van der Waals surface area (Å²) >= 11 is 0. The van der Waals surface area contributed by atoms with Crippen LogP contribution in [0.15, 0.2) is 18.2 Å². The van der Waals surface area contributed by atoms with Gasteiger partial charge in [-0.05, 0) is 36.6 Å². The van der Waals surface area contributed by atoms with Crippen molar-refractivity contribution < 1.29 is 9.59 Å². The Labute approximate surface area is 150 Å². The van der Waals surface area contributed by atoms with E-state index in [9.17, 15) is 9.59 Å². The van der Waals surface area contributed by atoms with Crippen molar-refractivity contribution in [3.63, 3.8) is 0 Å². The Kier molecular flexibility index (Phi) is 5.42. The molecule has 1 aliphatic heterocycles. The molecule has 5 heteroatoms. The molecule has 25 heavy (non-hydrogen) atoms. The summed E-state index contributed by atoms with van der Waals surface area (Å²) in [6.07, 6.45) is 3.69. The van der Waals surface area contributed by atoms with Crippen LogP contribution in [0.2, 0.25) is 0 Å². The Balaban J connectivity index is 1.68. The molecule has 0 saturated heterocycles. The molecule has 0 aromatic heterocycles. The molecule has 1 aromatic rings. The quantitative estimate of drug-likeness (QED) is 0.911. The largest absolute Gasteiger partial charge is 0.359 e. The molecule has 1 aliphatic carbocycles. The van der Waals surface area contributed by atoms with Gasteiger partial charge < -0.3 is 10.2 Å². The topological polar surface area (TPSA) is 52.7 Å². The Morgan fingerprint density at radius 2 is 1.84 bits per heavy atom. The van der Waals surface area contributed by atoms with Gasteiger partial charge in [0.15, 0.2) is 0 Å². The van der Waals surface area contributed by atoms with Crippen molar-refractivity contribution in [2.24, 2.45) is 11.8 Å². The molecule has 1 N–H and O–H groups in total. The van der Waals surface area contributed by atoms with E-state index in [0.29, 0.717) is 6.54 Å². The molecule has 1 fully saturated rings. The van der Waals surface area contributed by atoms with Gasteiger partial charge in [-0.25, -0.2) is 0 Å². The van der Waals surface area contributed by atoms with Gasteiger partial charge in [-0.2, -0.15) is 0 Å². The molecule has 3 rings (SSSR count). The lowest BCUT2D eigenvalue weighted by Gasteiger charge is -2.32. The molecule has 5 nitrogen and oxygen atoms in total. The van der Waals surface area contributed by atoms with E-state index in [1.165, 1.54) is 11.1 Å². The summed E-state index contributed by atoms with van der Waals surface area (Å²) < 4.78 is 0. The van der Waals surface area contributed by atoms with E-state index in [-0.39, 0.29) is 23.7 Å². The number of hydrogen-bond acceptors (Lipinski definition) is 3. The van der Waals surface area contributed by atoms with E-state index < -0.39 is 0 Å². The third-order valence-electron chi connectivity index (χ3n) is 5.61. The van der Waals surface area contributed by atoms with Crippen molar-refractivity contribution in [1.29, 1.82) is 0 Å². The third kappa shape index (κ3) is 3.87. The molecule has 2 aliphatic rings. The summed E-state index contributed by atoms with van der Waals surface area (Å²) in [6.45, 7) is 2.58. The molecule has 0 spiro atoms. The number of rotatable bonds is 4. The minimum atomic E-state index is -0.181. The molecular formula is C20H29N3O2. The predicted molar refractivity (Wildman–Crippen MR) is 97.6 cm³/mol. The van der Waals surface area contributed by atoms with Crippen LogP contribution in [0, 0.1) is 11.8 Å². The number of amides is 2. The lowest BCUT2D eigenvalue weighted by Crippen LogP contribution is -2.43. The molecule has 1 aromatic carbocycles. The van der Waals surface area contributed by atoms with E-state index in [0.717, 1.165) is 44.3 Å². The van der Waals surface area contributed by atoms with Crippen LogP contribution in [-0.2, 0) is 29.2 Å². The Morgan fingerprint density at radius 3 is 2.56 bits per heavy atom. The van der Waals surface area contributed by atoms with Crippen LogP contribution >= 0.6 is 0 Å². The number of fused-ring (bicyclic) bond motifs is 1. The summed E-state index contributed by atoms with van der Waals surface area (Å²) in [4.78, 5) is 29.2. The van der Waals surface area contributed by atoms with E-state index in [1.807, 2.05) is 7.05 Å². The van der Waals surface area contributed by atoms with E-state index >= 15 is 0 Å². The summed E-state index contributed by atoms with van der Waals surface area (Å²) in [6, 6.07) is 6.53. The van der Waals surface area contributed by atoms with Gasteiger partial charge >= 0.3 is 0 Å². The van der Waals surface area contributed by atoms with Crippen LogP contribution in [-0.4, -0.2) is 42.8 Å². The first-order valence-corrected chi connectivity index (χ1v) is 9.25. The van der Waals surface area contributed by atoms with Crippen LogP contribution in [0.4, 0.5) is 0 Å². The fourth-order valence-electron chi connectivity index (χ4n) is 4.28. The fraction of sp³-hybridized carbons (Fsp3) is 0.600. The normalized spacial score (nSPS) is 23.2. The summed E-state index contributed by atoms with van der Waals surface area (Å²) in [7, 11) is 5.64. The summed E-state index contributed by atoms with van der Waals surface area (Å²) in [5.41, 5.74) is 3.91. The highest BCUT2D eigenvalue weighted by Crippen LogP contribution is 2.32. The van der Waals surface area contributed by atoms with E-state index in [4.69, 9.17) is 0 Å². The molecule has 136 valence electrons. The number of carbonyl (C=O) groups is 2. The van der Waals surface area contributed by atoms with E-state index in [2.05, 4.69) is 35.5 Å². The van der Waals surface area contributed by atoms with Crippen LogP contribution in [0.3, 0.4) is 0 Å². The van der Waals surface area contributed by atoms with Crippen LogP contribution in [0.1, 0.15) is 42.4 Å². The maximum Gasteiger partial charge on any atom is 0.226 e. The van der Waals surface area contributed by atoms with E-state index in [1.54, 1.807) is 11.9 Å². The van der Waals surface area contributed by atoms with Crippen molar-refractivity contribution in [1.82, 2.24) is 15.1 Å². The molecule has 2 atom stereocenters. The maximum atomic E-state index is 13.0. The summed E-state index contributed by atoms with van der Waals surface area (Å²) in [5.74, 6) is -0.250. The lowest BCUT2D eigenvalue weighted by molar-refractivity contribution is -0.142. The van der Waals surface area contributed by atoms with Crippen LogP contribution in [0.25, 0.3) is 0 Å². The number of hydrogen-bond donors (Lipinski definition) is 1. The average molecular weight is 343 g/mol. The Bertz CT molecular complexity index is 658. The van der Waals surface area contributed by atoms with Gasteiger partial charge in [0, 0.05) is 45.6 Å². The van der Waals surface area contributed by atoms with Gasteiger partial charge in [0.25, 0.3) is 0 Å². The van der Waals surface area contributed by atoms with Gasteiger partial charge in [0.1, 0.15) is 0 Å². The second-order valence-corrected chi connectivity index (χ2v) is 7.58. The first-order chi connectivity index (χ1) is 12.0. The summed E-state index contributed by atoms with van der Waals surface area (Å²) in [5, 5.41) is 2.73. The second-order valence-electron chi connectivity index (χ2n) is 7.58. The number of carbonyl (C=O) groups excluding carboxylic acids is 2. The van der Waals surface area contributed by atoms with Crippen molar-refractivity contribution in [2.75, 3.05) is 21.1 Å². The molecule has 1 saturated carbocycles. The fourth-order valence-corrected chi connectivity index (χ4v) is 4.28. The standard InChI is InChI=1S/C20H29N3O2/c1-21-19(24)17-6-4-5-7-18(17)20(25)23(3)11-14-8-9-15-12-22(2)13-16(15)10-14/h8-10,17-18H,4-7,11-13H2,1-3H3,(H,21,24)/t17-,18+/m0/s1. The third-order valence-corrected chi connectivity index (χ3v) is 5.61. The van der Waals surface area contributed by atoms with Crippen LogP contribution in [0.5, 0.6) is 0 Å². The first-order valence-electron chi connectivity index (χ1n) is 9.25. The molecular weight excluding hydrogens is 314 g/mol. The zero-order valence-corrected chi connectivity index (χ0v) is 15.5. The Hall–Kier alpha value is -1.88. The van der Waals surface area contributed by atoms with Crippen molar-refractivity contribution in [2.45, 2.75) is 45.3 Å². The molecule has 0 radical (unpaired) electrons. The van der Waals surface area contributed by atoms with Gasteiger partial charge in [-0.15, -0.1) is 0 Å². The second kappa shape index (κ2) is 7.56. The predicted octanol–water partition coefficient (Wildman–Crippen LogP) is 2.14. The zero-order valence-electron chi connectivity index (χ0n) is 15.5. The Morgan fingerprint density at radius 1 is 1.16 bits per heavy atom. The van der Waals surface area contributed by atoms with Gasteiger partial charge in [-0.1, -0.05) is 31.0 Å². The first kappa shape index (κ1) is 17.9. The molecule has 0 bridgehead atoms. The lowest BCUT2D eigenvalue weighted by atomic mass is 9.78.